The van der Waals surface area contributed by atoms with Crippen LogP contribution in [0.15, 0.2) is 28.3 Å². The van der Waals surface area contributed by atoms with Gasteiger partial charge in [0.2, 0.25) is 10.0 Å². The molecular formula is C12H18FN3O3S. The first kappa shape index (κ1) is 16.4. The Morgan fingerprint density at radius 1 is 1.45 bits per heavy atom. The first-order valence-corrected chi connectivity index (χ1v) is 7.57. The molecule has 0 atom stereocenters. The summed E-state index contributed by atoms with van der Waals surface area (Å²) in [6, 6.07) is 3.52. The molecule has 112 valence electrons. The van der Waals surface area contributed by atoms with Gasteiger partial charge in [-0.25, -0.2) is 17.5 Å². The maximum Gasteiger partial charge on any atom is 0.240 e. The molecule has 0 saturated carbocycles. The van der Waals surface area contributed by atoms with E-state index >= 15 is 0 Å². The van der Waals surface area contributed by atoms with E-state index in [1.165, 1.54) is 19.1 Å². The molecular weight excluding hydrogens is 285 g/mol. The van der Waals surface area contributed by atoms with Gasteiger partial charge in [0.15, 0.2) is 0 Å². The Labute approximate surface area is 117 Å². The molecule has 0 saturated heterocycles. The molecule has 0 unspecified atom stereocenters. The third-order valence-corrected chi connectivity index (χ3v) is 4.33. The average molecular weight is 303 g/mol. The molecule has 1 aromatic rings. The number of unbranched alkanes of at least 4 members (excludes halogenated alkanes) is 1. The van der Waals surface area contributed by atoms with Crippen LogP contribution in [0.2, 0.25) is 0 Å². The summed E-state index contributed by atoms with van der Waals surface area (Å²) in [4.78, 5) is 0.0651. The second-order valence-electron chi connectivity index (χ2n) is 4.36. The first-order chi connectivity index (χ1) is 9.36. The van der Waals surface area contributed by atoms with Crippen LogP contribution in [0.3, 0.4) is 0 Å². The van der Waals surface area contributed by atoms with Crippen LogP contribution in [0, 0.1) is 12.7 Å². The number of hydrogen-bond acceptors (Lipinski definition) is 4. The van der Waals surface area contributed by atoms with Crippen molar-refractivity contribution in [3.8, 4) is 0 Å². The van der Waals surface area contributed by atoms with Crippen LogP contribution in [-0.4, -0.2) is 26.0 Å². The van der Waals surface area contributed by atoms with Crippen molar-refractivity contribution in [3.63, 3.8) is 0 Å². The lowest BCUT2D eigenvalue weighted by Crippen LogP contribution is -2.25. The number of rotatable bonds is 7. The molecule has 0 aliphatic heterocycles. The monoisotopic (exact) mass is 303 g/mol. The fourth-order valence-corrected chi connectivity index (χ4v) is 2.98. The summed E-state index contributed by atoms with van der Waals surface area (Å²) in [5.41, 5.74) is 5.65. The van der Waals surface area contributed by atoms with Crippen molar-refractivity contribution in [1.82, 2.24) is 4.72 Å². The highest BCUT2D eigenvalue weighted by Gasteiger charge is 2.16. The summed E-state index contributed by atoms with van der Waals surface area (Å²) >= 11 is 0. The lowest BCUT2D eigenvalue weighted by atomic mass is 10.2. The van der Waals surface area contributed by atoms with E-state index in [2.05, 4.69) is 9.88 Å². The molecule has 0 amide bonds. The van der Waals surface area contributed by atoms with E-state index in [4.69, 9.17) is 10.9 Å². The predicted molar refractivity (Wildman–Crippen MR) is 73.6 cm³/mol. The molecule has 0 radical (unpaired) electrons. The number of nitrogens with zero attached hydrogens (tertiary/aromatic N) is 1. The number of oxime groups is 1. The number of nitrogens with two attached hydrogens (primary N) is 1. The van der Waals surface area contributed by atoms with Crippen molar-refractivity contribution in [2.24, 2.45) is 10.9 Å². The van der Waals surface area contributed by atoms with E-state index < -0.39 is 15.8 Å². The van der Waals surface area contributed by atoms with Gasteiger partial charge in [0.05, 0.1) is 4.90 Å². The van der Waals surface area contributed by atoms with Crippen LogP contribution in [0.5, 0.6) is 0 Å². The third-order valence-electron chi connectivity index (χ3n) is 2.71. The van der Waals surface area contributed by atoms with Gasteiger partial charge in [0.25, 0.3) is 0 Å². The highest BCUT2D eigenvalue weighted by Crippen LogP contribution is 2.15. The number of sulfonamides is 1. The number of halogens is 1. The van der Waals surface area contributed by atoms with E-state index in [9.17, 15) is 12.8 Å². The Morgan fingerprint density at radius 3 is 2.75 bits per heavy atom. The van der Waals surface area contributed by atoms with Crippen LogP contribution in [-0.2, 0) is 10.0 Å². The van der Waals surface area contributed by atoms with E-state index in [0.29, 0.717) is 24.8 Å². The van der Waals surface area contributed by atoms with Gasteiger partial charge in [0.1, 0.15) is 11.7 Å². The second kappa shape index (κ2) is 7.20. The molecule has 20 heavy (non-hydrogen) atoms. The summed E-state index contributed by atoms with van der Waals surface area (Å²) in [6.07, 6.45) is 1.55. The summed E-state index contributed by atoms with van der Waals surface area (Å²) in [6.45, 7) is 1.77. The maximum atomic E-state index is 12.9. The fraction of sp³-hybridized carbons (Fsp3) is 0.417. The summed E-state index contributed by atoms with van der Waals surface area (Å²) in [7, 11) is -3.64. The van der Waals surface area contributed by atoms with Crippen molar-refractivity contribution in [2.75, 3.05) is 6.54 Å². The number of benzene rings is 1. The smallest absolute Gasteiger partial charge is 0.240 e. The zero-order chi connectivity index (χ0) is 15.2. The van der Waals surface area contributed by atoms with Crippen molar-refractivity contribution in [3.05, 3.63) is 29.6 Å². The highest BCUT2D eigenvalue weighted by molar-refractivity contribution is 7.89. The van der Waals surface area contributed by atoms with E-state index in [1.54, 1.807) is 0 Å². The van der Waals surface area contributed by atoms with Gasteiger partial charge in [-0.3, -0.25) is 0 Å². The molecule has 0 fully saturated rings. The number of aryl methyl sites for hydroxylation is 1. The standard InChI is InChI=1S/C12H18FN3O3S/c1-9-8-10(13)5-6-11(9)20(18,19)15-7-3-2-4-12(14)16-17/h5-6,8,15,17H,2-4,7H2,1H3,(H2,14,16). The Kier molecular flexibility index (Phi) is 5.90. The topological polar surface area (TPSA) is 105 Å². The van der Waals surface area contributed by atoms with E-state index in [0.717, 1.165) is 6.07 Å². The van der Waals surface area contributed by atoms with E-state index in [1.807, 2.05) is 0 Å². The molecule has 8 heteroatoms. The Balaban J connectivity index is 2.54. The first-order valence-electron chi connectivity index (χ1n) is 6.09. The number of hydrogen-bond donors (Lipinski definition) is 3. The molecule has 0 bridgehead atoms. The van der Waals surface area contributed by atoms with Crippen LogP contribution in [0.1, 0.15) is 24.8 Å². The lowest BCUT2D eigenvalue weighted by molar-refractivity contribution is 0.316. The SMILES string of the molecule is Cc1cc(F)ccc1S(=O)(=O)NCCCCC(N)=NO. The minimum atomic E-state index is -3.64. The predicted octanol–water partition coefficient (Wildman–Crippen LogP) is 1.33. The van der Waals surface area contributed by atoms with Crippen molar-refractivity contribution >= 4 is 15.9 Å². The van der Waals surface area contributed by atoms with Gasteiger partial charge < -0.3 is 10.9 Å². The Hall–Kier alpha value is -1.67. The van der Waals surface area contributed by atoms with Crippen LogP contribution in [0.25, 0.3) is 0 Å². The van der Waals surface area contributed by atoms with Gasteiger partial charge in [-0.05, 0) is 43.5 Å². The second-order valence-corrected chi connectivity index (χ2v) is 6.09. The number of amidine groups is 1. The van der Waals surface area contributed by atoms with Gasteiger partial charge in [-0.2, -0.15) is 0 Å². The highest BCUT2D eigenvalue weighted by atomic mass is 32.2. The summed E-state index contributed by atoms with van der Waals surface area (Å²) in [5, 5.41) is 11.2. The molecule has 0 aliphatic carbocycles. The fourth-order valence-electron chi connectivity index (χ4n) is 1.68. The maximum absolute atomic E-state index is 12.9. The normalized spacial score (nSPS) is 12.6. The van der Waals surface area contributed by atoms with E-state index in [-0.39, 0.29) is 17.3 Å². The third kappa shape index (κ3) is 4.78. The van der Waals surface area contributed by atoms with Gasteiger partial charge in [-0.15, -0.1) is 0 Å². The molecule has 0 heterocycles. The molecule has 1 aromatic carbocycles. The van der Waals surface area contributed by atoms with Crippen molar-refractivity contribution < 1.29 is 18.0 Å². The minimum Gasteiger partial charge on any atom is -0.409 e. The van der Waals surface area contributed by atoms with Crippen LogP contribution in [0.4, 0.5) is 4.39 Å². The molecule has 4 N–H and O–H groups in total. The Bertz CT molecular complexity index is 588. The molecule has 6 nitrogen and oxygen atoms in total. The van der Waals surface area contributed by atoms with Gasteiger partial charge in [0, 0.05) is 13.0 Å². The van der Waals surface area contributed by atoms with Gasteiger partial charge in [-0.1, -0.05) is 5.16 Å². The van der Waals surface area contributed by atoms with Crippen molar-refractivity contribution in [2.45, 2.75) is 31.1 Å². The molecule has 1 rings (SSSR count). The van der Waals surface area contributed by atoms with Crippen molar-refractivity contribution in [1.29, 1.82) is 0 Å². The summed E-state index contributed by atoms with van der Waals surface area (Å²) < 4.78 is 39.4. The zero-order valence-electron chi connectivity index (χ0n) is 11.1. The average Bonchev–Trinajstić information content (AvgIpc) is 2.37. The minimum absolute atomic E-state index is 0.0651. The van der Waals surface area contributed by atoms with Crippen LogP contribution < -0.4 is 10.5 Å². The quantitative estimate of drug-likeness (QED) is 0.232. The van der Waals surface area contributed by atoms with Crippen LogP contribution >= 0.6 is 0 Å². The Morgan fingerprint density at radius 2 is 2.15 bits per heavy atom. The molecule has 0 spiro atoms. The lowest BCUT2D eigenvalue weighted by Gasteiger charge is -2.09. The molecule has 0 aliphatic rings. The van der Waals surface area contributed by atoms with Gasteiger partial charge >= 0.3 is 0 Å². The molecule has 0 aromatic heterocycles. The number of nitrogens with one attached hydrogen (secondary N) is 1. The summed E-state index contributed by atoms with van der Waals surface area (Å²) in [5.74, 6) is -0.359. The zero-order valence-corrected chi connectivity index (χ0v) is 12.0. The largest absolute Gasteiger partial charge is 0.409 e.